The van der Waals surface area contributed by atoms with E-state index in [1.54, 1.807) is 37.2 Å². The SMILES string of the molecule is COc1ccc(C(=O)N(C)C)cc1NC(=O)N1CCN(c2cccc(Cl)c2)CC1. The summed E-state index contributed by atoms with van der Waals surface area (Å²) in [6.45, 7) is 2.59. The molecule has 0 aliphatic carbocycles. The van der Waals surface area contributed by atoms with E-state index in [1.165, 1.54) is 12.0 Å². The largest absolute Gasteiger partial charge is 0.495 e. The van der Waals surface area contributed by atoms with E-state index in [9.17, 15) is 9.59 Å². The second kappa shape index (κ2) is 9.05. The van der Waals surface area contributed by atoms with Crippen LogP contribution < -0.4 is 15.0 Å². The maximum atomic E-state index is 12.8. The first-order valence-electron chi connectivity index (χ1n) is 9.35. The smallest absolute Gasteiger partial charge is 0.322 e. The van der Waals surface area contributed by atoms with Gasteiger partial charge in [0.2, 0.25) is 0 Å². The van der Waals surface area contributed by atoms with Gasteiger partial charge in [-0.15, -0.1) is 0 Å². The summed E-state index contributed by atoms with van der Waals surface area (Å²) < 4.78 is 5.34. The molecular formula is C21H25ClN4O3. The summed E-state index contributed by atoms with van der Waals surface area (Å²) in [6.07, 6.45) is 0. The van der Waals surface area contributed by atoms with Crippen LogP contribution in [0.1, 0.15) is 10.4 Å². The molecule has 1 N–H and O–H groups in total. The number of carbonyl (C=O) groups excluding carboxylic acids is 2. The second-order valence-corrected chi connectivity index (χ2v) is 7.44. The number of benzene rings is 2. The van der Waals surface area contributed by atoms with Crippen molar-refractivity contribution in [1.29, 1.82) is 0 Å². The molecular weight excluding hydrogens is 392 g/mol. The number of urea groups is 1. The van der Waals surface area contributed by atoms with E-state index < -0.39 is 0 Å². The maximum Gasteiger partial charge on any atom is 0.322 e. The second-order valence-electron chi connectivity index (χ2n) is 7.00. The van der Waals surface area contributed by atoms with Gasteiger partial charge >= 0.3 is 6.03 Å². The molecule has 0 saturated carbocycles. The summed E-state index contributed by atoms with van der Waals surface area (Å²) in [7, 11) is 4.90. The zero-order valence-corrected chi connectivity index (χ0v) is 17.6. The van der Waals surface area contributed by atoms with Gasteiger partial charge in [0, 0.05) is 56.5 Å². The predicted octanol–water partition coefficient (Wildman–Crippen LogP) is 3.40. The molecule has 0 unspecified atom stereocenters. The quantitative estimate of drug-likeness (QED) is 0.829. The molecule has 3 amide bonds. The van der Waals surface area contributed by atoms with Crippen LogP contribution in [0.25, 0.3) is 0 Å². The van der Waals surface area contributed by atoms with Crippen molar-refractivity contribution in [2.45, 2.75) is 0 Å². The molecule has 8 heteroatoms. The highest BCUT2D eigenvalue weighted by molar-refractivity contribution is 6.30. The Hall–Kier alpha value is -2.93. The van der Waals surface area contributed by atoms with E-state index in [4.69, 9.17) is 16.3 Å². The highest BCUT2D eigenvalue weighted by Crippen LogP contribution is 2.27. The molecule has 0 radical (unpaired) electrons. The fourth-order valence-electron chi connectivity index (χ4n) is 3.23. The Labute approximate surface area is 175 Å². The number of amides is 3. The minimum absolute atomic E-state index is 0.140. The monoisotopic (exact) mass is 416 g/mol. The Morgan fingerprint density at radius 2 is 1.79 bits per heavy atom. The molecule has 0 atom stereocenters. The first-order valence-corrected chi connectivity index (χ1v) is 9.73. The number of anilines is 2. The van der Waals surface area contributed by atoms with Crippen LogP contribution in [0.3, 0.4) is 0 Å². The van der Waals surface area contributed by atoms with E-state index in [2.05, 4.69) is 10.2 Å². The normalized spacial score (nSPS) is 13.8. The molecule has 2 aromatic carbocycles. The fourth-order valence-corrected chi connectivity index (χ4v) is 3.42. The summed E-state index contributed by atoms with van der Waals surface area (Å²) in [5.41, 5.74) is 2.01. The van der Waals surface area contributed by atoms with E-state index in [0.717, 1.165) is 5.69 Å². The molecule has 29 heavy (non-hydrogen) atoms. The van der Waals surface area contributed by atoms with Crippen LogP contribution in [0, 0.1) is 0 Å². The highest BCUT2D eigenvalue weighted by atomic mass is 35.5. The zero-order chi connectivity index (χ0) is 21.0. The summed E-state index contributed by atoms with van der Waals surface area (Å²) in [4.78, 5) is 30.4. The fraction of sp³-hybridized carbons (Fsp3) is 0.333. The number of rotatable bonds is 4. The summed E-state index contributed by atoms with van der Waals surface area (Å²) in [5, 5.41) is 3.58. The van der Waals surface area contributed by atoms with Gasteiger partial charge in [0.25, 0.3) is 5.91 Å². The van der Waals surface area contributed by atoms with Crippen molar-refractivity contribution in [2.75, 3.05) is 57.6 Å². The van der Waals surface area contributed by atoms with Crippen molar-refractivity contribution in [3.63, 3.8) is 0 Å². The number of nitrogens with one attached hydrogen (secondary N) is 1. The van der Waals surface area contributed by atoms with Crippen molar-refractivity contribution < 1.29 is 14.3 Å². The van der Waals surface area contributed by atoms with Gasteiger partial charge < -0.3 is 24.8 Å². The minimum Gasteiger partial charge on any atom is -0.495 e. The average molecular weight is 417 g/mol. The molecule has 1 saturated heterocycles. The van der Waals surface area contributed by atoms with Crippen LogP contribution in [0.4, 0.5) is 16.2 Å². The van der Waals surface area contributed by atoms with Crippen LogP contribution in [0.2, 0.25) is 5.02 Å². The number of methoxy groups -OCH3 is 1. The molecule has 0 spiro atoms. The number of hydrogen-bond acceptors (Lipinski definition) is 4. The highest BCUT2D eigenvalue weighted by Gasteiger charge is 2.23. The lowest BCUT2D eigenvalue weighted by atomic mass is 10.1. The predicted molar refractivity (Wildman–Crippen MR) is 115 cm³/mol. The van der Waals surface area contributed by atoms with Gasteiger partial charge in [-0.25, -0.2) is 4.79 Å². The summed E-state index contributed by atoms with van der Waals surface area (Å²) in [5.74, 6) is 0.365. The molecule has 154 valence electrons. The van der Waals surface area contributed by atoms with Crippen molar-refractivity contribution in [3.05, 3.63) is 53.1 Å². The summed E-state index contributed by atoms with van der Waals surface area (Å²) in [6, 6.07) is 12.5. The van der Waals surface area contributed by atoms with Gasteiger partial charge in [-0.2, -0.15) is 0 Å². The molecule has 3 rings (SSSR count). The van der Waals surface area contributed by atoms with Gasteiger partial charge in [-0.3, -0.25) is 4.79 Å². The first-order chi connectivity index (χ1) is 13.9. The minimum atomic E-state index is -0.219. The number of piperazine rings is 1. The zero-order valence-electron chi connectivity index (χ0n) is 16.8. The molecule has 1 heterocycles. The lowest BCUT2D eigenvalue weighted by Gasteiger charge is -2.36. The van der Waals surface area contributed by atoms with Gasteiger partial charge in [0.1, 0.15) is 5.75 Å². The standard InChI is InChI=1S/C21H25ClN4O3/c1-24(2)20(27)15-7-8-19(29-3)18(13-15)23-21(28)26-11-9-25(10-12-26)17-6-4-5-16(22)14-17/h4-8,13-14H,9-12H2,1-3H3,(H,23,28). The number of halogens is 1. The van der Waals surface area contributed by atoms with Crippen LogP contribution in [0.15, 0.2) is 42.5 Å². The van der Waals surface area contributed by atoms with E-state index >= 15 is 0 Å². The average Bonchev–Trinajstić information content (AvgIpc) is 2.73. The Bertz CT molecular complexity index is 895. The lowest BCUT2D eigenvalue weighted by molar-refractivity contribution is 0.0827. The molecule has 0 bridgehead atoms. The molecule has 2 aromatic rings. The Morgan fingerprint density at radius 3 is 2.41 bits per heavy atom. The Balaban J connectivity index is 1.66. The maximum absolute atomic E-state index is 12.8. The van der Waals surface area contributed by atoms with E-state index in [0.29, 0.717) is 48.2 Å². The van der Waals surface area contributed by atoms with Crippen LogP contribution >= 0.6 is 11.6 Å². The molecule has 1 fully saturated rings. The molecule has 7 nitrogen and oxygen atoms in total. The van der Waals surface area contributed by atoms with Crippen LogP contribution in [-0.4, -0.2) is 69.1 Å². The van der Waals surface area contributed by atoms with Crippen molar-refractivity contribution in [2.24, 2.45) is 0 Å². The van der Waals surface area contributed by atoms with Crippen LogP contribution in [0.5, 0.6) is 5.75 Å². The first kappa shape index (κ1) is 20.8. The van der Waals surface area contributed by atoms with Gasteiger partial charge in [0.15, 0.2) is 0 Å². The van der Waals surface area contributed by atoms with E-state index in [1.807, 2.05) is 24.3 Å². The van der Waals surface area contributed by atoms with Crippen molar-refractivity contribution in [3.8, 4) is 5.75 Å². The number of ether oxygens (including phenoxy) is 1. The molecule has 1 aliphatic rings. The Kier molecular flexibility index (Phi) is 6.49. The third-order valence-corrected chi connectivity index (χ3v) is 5.07. The molecule has 0 aromatic heterocycles. The molecule has 1 aliphatic heterocycles. The lowest BCUT2D eigenvalue weighted by Crippen LogP contribution is -2.50. The number of nitrogens with zero attached hydrogens (tertiary/aromatic N) is 3. The topological polar surface area (TPSA) is 65.1 Å². The third-order valence-electron chi connectivity index (χ3n) is 4.83. The van der Waals surface area contributed by atoms with Crippen LogP contribution in [-0.2, 0) is 0 Å². The number of carbonyl (C=O) groups is 2. The third kappa shape index (κ3) is 4.92. The van der Waals surface area contributed by atoms with Crippen molar-refractivity contribution >= 4 is 34.9 Å². The Morgan fingerprint density at radius 1 is 1.07 bits per heavy atom. The summed E-state index contributed by atoms with van der Waals surface area (Å²) >= 11 is 6.08. The van der Waals surface area contributed by atoms with Gasteiger partial charge in [0.05, 0.1) is 12.8 Å². The van der Waals surface area contributed by atoms with Gasteiger partial charge in [-0.1, -0.05) is 17.7 Å². The van der Waals surface area contributed by atoms with Gasteiger partial charge in [-0.05, 0) is 36.4 Å². The van der Waals surface area contributed by atoms with Crippen molar-refractivity contribution in [1.82, 2.24) is 9.80 Å². The number of hydrogen-bond donors (Lipinski definition) is 1. The van der Waals surface area contributed by atoms with E-state index in [-0.39, 0.29) is 11.9 Å².